The van der Waals surface area contributed by atoms with Gasteiger partial charge in [-0.15, -0.1) is 0 Å². The van der Waals surface area contributed by atoms with Crippen molar-refractivity contribution in [3.8, 4) is 6.07 Å². The first-order valence-electron chi connectivity index (χ1n) is 4.57. The SMILES string of the molecule is CC.Cc1[c-]cn2c(C#N)cnc2c1.[Y]. The minimum atomic E-state index is 0. The van der Waals surface area contributed by atoms with Crippen molar-refractivity contribution in [3.05, 3.63) is 35.8 Å². The predicted molar refractivity (Wildman–Crippen MR) is 54.8 cm³/mol. The van der Waals surface area contributed by atoms with Crippen molar-refractivity contribution in [2.45, 2.75) is 20.8 Å². The largest absolute Gasteiger partial charge is 0.325 e. The van der Waals surface area contributed by atoms with Crippen molar-refractivity contribution in [3.63, 3.8) is 0 Å². The zero-order chi connectivity index (χ0) is 10.6. The molecule has 0 unspecified atom stereocenters. The first kappa shape index (κ1) is 14.3. The number of aryl methyl sites for hydroxylation is 1. The average molecular weight is 275 g/mol. The second-order valence-electron chi connectivity index (χ2n) is 2.58. The van der Waals surface area contributed by atoms with Crippen molar-refractivity contribution in [2.24, 2.45) is 0 Å². The quantitative estimate of drug-likeness (QED) is 0.692. The molecule has 0 atom stereocenters. The molecule has 0 aromatic carbocycles. The molecule has 2 aromatic rings. The summed E-state index contributed by atoms with van der Waals surface area (Å²) in [5.41, 5.74) is 2.36. The summed E-state index contributed by atoms with van der Waals surface area (Å²) in [6.45, 7) is 5.95. The molecule has 0 bridgehead atoms. The van der Waals surface area contributed by atoms with Gasteiger partial charge < -0.3 is 4.40 Å². The van der Waals surface area contributed by atoms with Crippen LogP contribution in [-0.4, -0.2) is 9.38 Å². The van der Waals surface area contributed by atoms with E-state index in [4.69, 9.17) is 5.26 Å². The van der Waals surface area contributed by atoms with Crippen molar-refractivity contribution < 1.29 is 32.7 Å². The van der Waals surface area contributed by atoms with Gasteiger partial charge in [0.1, 0.15) is 11.8 Å². The van der Waals surface area contributed by atoms with Crippen LogP contribution >= 0.6 is 0 Å². The van der Waals surface area contributed by atoms with Crippen LogP contribution in [0.5, 0.6) is 0 Å². The van der Waals surface area contributed by atoms with Crippen molar-refractivity contribution in [1.82, 2.24) is 9.38 Å². The van der Waals surface area contributed by atoms with Gasteiger partial charge in [0.15, 0.2) is 0 Å². The normalized spacial score (nSPS) is 8.40. The third kappa shape index (κ3) is 3.12. The minimum absolute atomic E-state index is 0. The number of pyridine rings is 1. The summed E-state index contributed by atoms with van der Waals surface area (Å²) in [6.07, 6.45) is 3.29. The molecule has 3 nitrogen and oxygen atoms in total. The molecule has 0 aliphatic rings. The Morgan fingerprint density at radius 2 is 2.13 bits per heavy atom. The van der Waals surface area contributed by atoms with E-state index >= 15 is 0 Å². The molecule has 2 heterocycles. The summed E-state index contributed by atoms with van der Waals surface area (Å²) in [4.78, 5) is 4.07. The van der Waals surface area contributed by atoms with Crippen LogP contribution in [0.3, 0.4) is 0 Å². The standard InChI is InChI=1S/C9H6N3.C2H6.Y/c1-7-2-3-12-8(5-10)6-11-9(12)4-7;1-2;/h3-4,6H,1H3;1-2H3;/q-1;;. The fourth-order valence-corrected chi connectivity index (χ4v) is 1.10. The first-order valence-corrected chi connectivity index (χ1v) is 4.57. The van der Waals surface area contributed by atoms with Crippen LogP contribution in [0.4, 0.5) is 0 Å². The molecular weight excluding hydrogens is 263 g/mol. The Kier molecular flexibility index (Phi) is 6.39. The summed E-state index contributed by atoms with van der Waals surface area (Å²) in [7, 11) is 0. The van der Waals surface area contributed by atoms with Gasteiger partial charge in [-0.25, -0.2) is 11.6 Å². The van der Waals surface area contributed by atoms with Crippen LogP contribution in [0, 0.1) is 24.3 Å². The molecule has 15 heavy (non-hydrogen) atoms. The first-order chi connectivity index (χ1) is 6.81. The van der Waals surface area contributed by atoms with E-state index in [0.717, 1.165) is 11.2 Å². The number of rotatable bonds is 0. The van der Waals surface area contributed by atoms with Crippen LogP contribution in [0.1, 0.15) is 25.1 Å². The van der Waals surface area contributed by atoms with Gasteiger partial charge in [-0.1, -0.05) is 27.0 Å². The van der Waals surface area contributed by atoms with Crippen LogP contribution in [-0.2, 0) is 32.7 Å². The number of hydrogen-bond acceptors (Lipinski definition) is 2. The number of nitriles is 1. The van der Waals surface area contributed by atoms with Crippen molar-refractivity contribution >= 4 is 5.65 Å². The Bertz CT molecular complexity index is 468. The van der Waals surface area contributed by atoms with E-state index in [9.17, 15) is 0 Å². The Hall–Kier alpha value is -0.716. The molecular formula is C11H12N3Y-. The molecule has 1 radical (unpaired) electrons. The van der Waals surface area contributed by atoms with Gasteiger partial charge in [0.25, 0.3) is 0 Å². The van der Waals surface area contributed by atoms with Crippen LogP contribution < -0.4 is 0 Å². The van der Waals surface area contributed by atoms with Gasteiger partial charge in [0, 0.05) is 32.7 Å². The maximum absolute atomic E-state index is 8.67. The van der Waals surface area contributed by atoms with E-state index in [0.29, 0.717) is 5.69 Å². The molecule has 2 rings (SSSR count). The topological polar surface area (TPSA) is 41.1 Å². The number of aromatic nitrogens is 2. The Morgan fingerprint density at radius 3 is 2.73 bits per heavy atom. The van der Waals surface area contributed by atoms with E-state index in [1.54, 1.807) is 16.8 Å². The Morgan fingerprint density at radius 1 is 1.47 bits per heavy atom. The molecule has 0 amide bonds. The summed E-state index contributed by atoms with van der Waals surface area (Å²) < 4.78 is 1.72. The smallest absolute Gasteiger partial charge is 0.141 e. The summed E-state index contributed by atoms with van der Waals surface area (Å²) in [5, 5.41) is 8.67. The van der Waals surface area contributed by atoms with Crippen LogP contribution in [0.2, 0.25) is 0 Å². The molecule has 0 saturated heterocycles. The minimum Gasteiger partial charge on any atom is -0.325 e. The van der Waals surface area contributed by atoms with Crippen molar-refractivity contribution in [1.29, 1.82) is 5.26 Å². The van der Waals surface area contributed by atoms with Gasteiger partial charge in [0.05, 0.1) is 11.8 Å². The summed E-state index contributed by atoms with van der Waals surface area (Å²) >= 11 is 0. The fourth-order valence-electron chi connectivity index (χ4n) is 1.10. The number of nitrogens with zero attached hydrogens (tertiary/aromatic N) is 3. The molecule has 4 heteroatoms. The number of fused-ring (bicyclic) bond motifs is 1. The Balaban J connectivity index is 0.000000617. The third-order valence-electron chi connectivity index (χ3n) is 1.71. The second kappa shape index (κ2) is 6.71. The average Bonchev–Trinajstić information content (AvgIpc) is 2.62. The van der Waals surface area contributed by atoms with E-state index in [1.807, 2.05) is 32.9 Å². The third-order valence-corrected chi connectivity index (χ3v) is 1.71. The van der Waals surface area contributed by atoms with Gasteiger partial charge in [0.2, 0.25) is 0 Å². The molecule has 0 spiro atoms. The van der Waals surface area contributed by atoms with E-state index in [2.05, 4.69) is 11.1 Å². The molecule has 0 aliphatic carbocycles. The van der Waals surface area contributed by atoms with Gasteiger partial charge in [-0.2, -0.15) is 11.3 Å². The maximum atomic E-state index is 8.67. The summed E-state index contributed by atoms with van der Waals surface area (Å²) in [6, 6.07) is 6.95. The maximum Gasteiger partial charge on any atom is 0.141 e. The zero-order valence-electron chi connectivity index (χ0n) is 9.15. The predicted octanol–water partition coefficient (Wildman–Crippen LogP) is 2.34. The molecule has 0 aliphatic heterocycles. The van der Waals surface area contributed by atoms with Crippen molar-refractivity contribution in [2.75, 3.05) is 0 Å². The van der Waals surface area contributed by atoms with Gasteiger partial charge >= 0.3 is 0 Å². The molecule has 75 valence electrons. The summed E-state index contributed by atoms with van der Waals surface area (Å²) in [5.74, 6) is 0. The molecule has 0 N–H and O–H groups in total. The molecule has 0 fully saturated rings. The molecule has 0 saturated carbocycles. The van der Waals surface area contributed by atoms with E-state index in [1.165, 1.54) is 0 Å². The van der Waals surface area contributed by atoms with Crippen LogP contribution in [0.15, 0.2) is 18.5 Å². The van der Waals surface area contributed by atoms with Gasteiger partial charge in [-0.3, -0.25) is 4.98 Å². The number of imidazole rings is 1. The Labute approximate surface area is 115 Å². The monoisotopic (exact) mass is 275 g/mol. The number of hydrogen-bond donors (Lipinski definition) is 0. The van der Waals surface area contributed by atoms with Crippen LogP contribution in [0.25, 0.3) is 5.65 Å². The van der Waals surface area contributed by atoms with E-state index in [-0.39, 0.29) is 32.7 Å². The van der Waals surface area contributed by atoms with E-state index < -0.39 is 0 Å². The fraction of sp³-hybridized carbons (Fsp3) is 0.273. The van der Waals surface area contributed by atoms with Gasteiger partial charge in [-0.05, 0) is 0 Å². The second-order valence-corrected chi connectivity index (χ2v) is 2.58. The molecule has 2 aromatic heterocycles. The zero-order valence-corrected chi connectivity index (χ0v) is 12.0.